The summed E-state index contributed by atoms with van der Waals surface area (Å²) in [4.78, 5) is 0. The third-order valence-corrected chi connectivity index (χ3v) is 2.73. The molecule has 0 fully saturated rings. The molecule has 0 aliphatic carbocycles. The summed E-state index contributed by atoms with van der Waals surface area (Å²) in [5, 5.41) is 4.38. The number of rotatable bonds is 4. The third kappa shape index (κ3) is 2.17. The van der Waals surface area contributed by atoms with Gasteiger partial charge in [0.05, 0.1) is 0 Å². The molecule has 1 aromatic heterocycles. The number of hydrogen-bond donors (Lipinski definition) is 0. The van der Waals surface area contributed by atoms with Gasteiger partial charge in [0.2, 0.25) is 0 Å². The molecule has 0 spiro atoms. The highest BCUT2D eigenvalue weighted by molar-refractivity contribution is 5.14. The van der Waals surface area contributed by atoms with Crippen LogP contribution in [-0.2, 0) is 5.41 Å². The summed E-state index contributed by atoms with van der Waals surface area (Å²) in [5.41, 5.74) is 1.60. The molecule has 0 N–H and O–H groups in total. The van der Waals surface area contributed by atoms with E-state index in [0.717, 1.165) is 0 Å². The van der Waals surface area contributed by atoms with E-state index in [9.17, 15) is 0 Å². The zero-order valence-corrected chi connectivity index (χ0v) is 10.0. The van der Waals surface area contributed by atoms with E-state index in [-0.39, 0.29) is 5.41 Å². The predicted octanol–water partition coefficient (Wildman–Crippen LogP) is 3.54. The molecule has 0 amide bonds. The van der Waals surface area contributed by atoms with E-state index >= 15 is 0 Å². The van der Waals surface area contributed by atoms with Gasteiger partial charge in [0.1, 0.15) is 0 Å². The predicted molar refractivity (Wildman–Crippen MR) is 60.5 cm³/mol. The summed E-state index contributed by atoms with van der Waals surface area (Å²) in [6, 6.07) is 2.60. The highest BCUT2D eigenvalue weighted by atomic mass is 15.3. The van der Waals surface area contributed by atoms with Crippen LogP contribution in [0.15, 0.2) is 12.3 Å². The van der Waals surface area contributed by atoms with Crippen molar-refractivity contribution in [3.8, 4) is 0 Å². The second kappa shape index (κ2) is 4.16. The van der Waals surface area contributed by atoms with E-state index < -0.39 is 0 Å². The summed E-state index contributed by atoms with van der Waals surface area (Å²) in [6.45, 7) is 11.2. The minimum Gasteiger partial charge on any atom is -0.267 e. The highest BCUT2D eigenvalue weighted by Crippen LogP contribution is 2.29. The first-order valence-electron chi connectivity index (χ1n) is 5.53. The van der Waals surface area contributed by atoms with Crippen LogP contribution < -0.4 is 0 Å². The van der Waals surface area contributed by atoms with E-state index in [2.05, 4.69) is 50.5 Å². The minimum absolute atomic E-state index is 0.246. The van der Waals surface area contributed by atoms with Crippen molar-refractivity contribution in [2.75, 3.05) is 0 Å². The Labute approximate surface area is 87.3 Å². The molecule has 80 valence electrons. The van der Waals surface area contributed by atoms with Gasteiger partial charge in [-0.2, -0.15) is 5.10 Å². The van der Waals surface area contributed by atoms with Gasteiger partial charge in [0.15, 0.2) is 0 Å². The normalized spacial score (nSPS) is 12.4. The van der Waals surface area contributed by atoms with Gasteiger partial charge >= 0.3 is 0 Å². The minimum atomic E-state index is 0.246. The maximum Gasteiger partial charge on any atom is 0.0492 e. The van der Waals surface area contributed by atoms with Crippen LogP contribution in [0.3, 0.4) is 0 Å². The van der Waals surface area contributed by atoms with E-state index in [1.54, 1.807) is 0 Å². The molecule has 0 saturated heterocycles. The molecule has 0 radical (unpaired) electrons. The van der Waals surface area contributed by atoms with Gasteiger partial charge in [-0.05, 0) is 26.3 Å². The topological polar surface area (TPSA) is 17.8 Å². The van der Waals surface area contributed by atoms with Gasteiger partial charge < -0.3 is 0 Å². The average molecular weight is 194 g/mol. The van der Waals surface area contributed by atoms with Crippen LogP contribution in [-0.4, -0.2) is 9.78 Å². The Balaban J connectivity index is 2.99. The quantitative estimate of drug-likeness (QED) is 0.717. The molecule has 0 unspecified atom stereocenters. The van der Waals surface area contributed by atoms with Crippen LogP contribution in [0.25, 0.3) is 0 Å². The SMILES string of the molecule is CCCC(C)(C)c1ccnn1C(C)C. The zero-order chi connectivity index (χ0) is 10.8. The van der Waals surface area contributed by atoms with Crippen molar-refractivity contribution in [2.24, 2.45) is 0 Å². The lowest BCUT2D eigenvalue weighted by Gasteiger charge is -2.26. The summed E-state index contributed by atoms with van der Waals surface area (Å²) >= 11 is 0. The lowest BCUT2D eigenvalue weighted by atomic mass is 9.84. The van der Waals surface area contributed by atoms with Gasteiger partial charge in [0, 0.05) is 23.3 Å². The summed E-state index contributed by atoms with van der Waals surface area (Å²) in [6.07, 6.45) is 4.34. The number of hydrogen-bond acceptors (Lipinski definition) is 1. The molecular weight excluding hydrogens is 172 g/mol. The van der Waals surface area contributed by atoms with Gasteiger partial charge in [-0.3, -0.25) is 4.68 Å². The Morgan fingerprint density at radius 2 is 2.07 bits per heavy atom. The van der Waals surface area contributed by atoms with E-state index in [1.165, 1.54) is 18.5 Å². The second-order valence-corrected chi connectivity index (χ2v) is 4.89. The van der Waals surface area contributed by atoms with Gasteiger partial charge in [-0.15, -0.1) is 0 Å². The average Bonchev–Trinajstić information content (AvgIpc) is 2.51. The summed E-state index contributed by atoms with van der Waals surface area (Å²) in [5.74, 6) is 0. The van der Waals surface area contributed by atoms with Crippen LogP contribution in [0.5, 0.6) is 0 Å². The fourth-order valence-corrected chi connectivity index (χ4v) is 2.01. The molecule has 0 aliphatic heterocycles. The van der Waals surface area contributed by atoms with E-state index in [4.69, 9.17) is 0 Å². The smallest absolute Gasteiger partial charge is 0.0492 e. The molecule has 0 saturated carbocycles. The van der Waals surface area contributed by atoms with E-state index in [1.807, 2.05) is 6.20 Å². The number of nitrogens with zero attached hydrogens (tertiary/aromatic N) is 2. The molecule has 2 nitrogen and oxygen atoms in total. The van der Waals surface area contributed by atoms with Crippen molar-refractivity contribution in [1.29, 1.82) is 0 Å². The van der Waals surface area contributed by atoms with Crippen molar-refractivity contribution < 1.29 is 0 Å². The van der Waals surface area contributed by atoms with Crippen LogP contribution in [0.4, 0.5) is 0 Å². The fourth-order valence-electron chi connectivity index (χ4n) is 2.01. The maximum atomic E-state index is 4.38. The lowest BCUT2D eigenvalue weighted by Crippen LogP contribution is -2.23. The Hall–Kier alpha value is -0.790. The number of aromatic nitrogens is 2. The Morgan fingerprint density at radius 3 is 2.57 bits per heavy atom. The lowest BCUT2D eigenvalue weighted by molar-refractivity contribution is 0.399. The molecule has 14 heavy (non-hydrogen) atoms. The van der Waals surface area contributed by atoms with Crippen molar-refractivity contribution in [1.82, 2.24) is 9.78 Å². The maximum absolute atomic E-state index is 4.38. The van der Waals surface area contributed by atoms with Crippen molar-refractivity contribution >= 4 is 0 Å². The second-order valence-electron chi connectivity index (χ2n) is 4.89. The zero-order valence-electron chi connectivity index (χ0n) is 10.0. The van der Waals surface area contributed by atoms with Crippen LogP contribution in [0, 0.1) is 0 Å². The van der Waals surface area contributed by atoms with Crippen LogP contribution >= 0.6 is 0 Å². The molecule has 2 heteroatoms. The molecule has 1 heterocycles. The van der Waals surface area contributed by atoms with Crippen LogP contribution in [0.1, 0.15) is 59.2 Å². The van der Waals surface area contributed by atoms with Crippen molar-refractivity contribution in [2.45, 2.75) is 58.9 Å². The molecule has 0 atom stereocenters. The Bertz CT molecular complexity index is 284. The molecule has 0 aliphatic rings. The van der Waals surface area contributed by atoms with Crippen molar-refractivity contribution in [3.63, 3.8) is 0 Å². The monoisotopic (exact) mass is 194 g/mol. The highest BCUT2D eigenvalue weighted by Gasteiger charge is 2.24. The van der Waals surface area contributed by atoms with E-state index in [0.29, 0.717) is 6.04 Å². The first kappa shape index (κ1) is 11.3. The molecular formula is C12H22N2. The Kier molecular flexibility index (Phi) is 3.35. The third-order valence-electron chi connectivity index (χ3n) is 2.73. The molecule has 1 rings (SSSR count). The van der Waals surface area contributed by atoms with Gasteiger partial charge in [-0.1, -0.05) is 27.2 Å². The van der Waals surface area contributed by atoms with Gasteiger partial charge in [0.25, 0.3) is 0 Å². The molecule has 0 aromatic carbocycles. The summed E-state index contributed by atoms with van der Waals surface area (Å²) in [7, 11) is 0. The van der Waals surface area contributed by atoms with Crippen molar-refractivity contribution in [3.05, 3.63) is 18.0 Å². The van der Waals surface area contributed by atoms with Crippen LogP contribution in [0.2, 0.25) is 0 Å². The first-order chi connectivity index (χ1) is 6.49. The largest absolute Gasteiger partial charge is 0.267 e. The first-order valence-corrected chi connectivity index (χ1v) is 5.53. The fraction of sp³-hybridized carbons (Fsp3) is 0.750. The molecule has 1 aromatic rings. The Morgan fingerprint density at radius 1 is 1.43 bits per heavy atom. The standard InChI is InChI=1S/C12H22N2/c1-6-8-12(4,5)11-7-9-13-14(11)10(2)3/h7,9-10H,6,8H2,1-5H3. The molecule has 0 bridgehead atoms. The summed E-state index contributed by atoms with van der Waals surface area (Å²) < 4.78 is 2.13. The van der Waals surface area contributed by atoms with Gasteiger partial charge in [-0.25, -0.2) is 0 Å².